The van der Waals surface area contributed by atoms with Gasteiger partial charge in [-0.25, -0.2) is 9.28 Å². The molecule has 0 bridgehead atoms. The summed E-state index contributed by atoms with van der Waals surface area (Å²) in [5.74, 6) is 0.151. The number of quaternary nitrogens is 1. The summed E-state index contributed by atoms with van der Waals surface area (Å²) in [5, 5.41) is -0.377. The van der Waals surface area contributed by atoms with E-state index in [4.69, 9.17) is 9.47 Å². The summed E-state index contributed by atoms with van der Waals surface area (Å²) in [6.07, 6.45) is 0.0126. The maximum absolute atomic E-state index is 14.3. The summed E-state index contributed by atoms with van der Waals surface area (Å²) >= 11 is 1.58. The number of methoxy groups -OCH3 is 1. The maximum atomic E-state index is 14.3. The zero-order valence-corrected chi connectivity index (χ0v) is 23.7. The zero-order valence-electron chi connectivity index (χ0n) is 22.8. The van der Waals surface area contributed by atoms with Gasteiger partial charge in [0.15, 0.2) is 5.69 Å². The van der Waals surface area contributed by atoms with E-state index in [9.17, 15) is 9.59 Å². The second-order valence-electron chi connectivity index (χ2n) is 10.1. The van der Waals surface area contributed by atoms with Crippen LogP contribution in [-0.4, -0.2) is 63.7 Å². The molecule has 1 unspecified atom stereocenters. The third-order valence-corrected chi connectivity index (χ3v) is 8.56. The number of carbonyl (C=O) groups excluding carboxylic acids is 2. The van der Waals surface area contributed by atoms with Crippen LogP contribution in [0.5, 0.6) is 5.75 Å². The Morgan fingerprint density at radius 3 is 2.45 bits per heavy atom. The van der Waals surface area contributed by atoms with E-state index in [0.29, 0.717) is 13.1 Å². The molecule has 1 aliphatic heterocycles. The minimum absolute atomic E-state index is 0.0581. The van der Waals surface area contributed by atoms with Gasteiger partial charge in [0, 0.05) is 26.1 Å². The molecule has 200 valence electrons. The van der Waals surface area contributed by atoms with Gasteiger partial charge in [0.25, 0.3) is 0 Å². The summed E-state index contributed by atoms with van der Waals surface area (Å²) in [6.45, 7) is 5.64. The Morgan fingerprint density at radius 2 is 1.76 bits per heavy atom. The van der Waals surface area contributed by atoms with Gasteiger partial charge in [-0.05, 0) is 49.7 Å². The second kappa shape index (κ2) is 12.2. The molecule has 0 saturated carbocycles. The molecule has 4 rings (SSSR count). The lowest BCUT2D eigenvalue weighted by Crippen LogP contribution is -2.58. The smallest absolute Gasteiger partial charge is 0.361 e. The van der Waals surface area contributed by atoms with Crippen LogP contribution in [-0.2, 0) is 20.7 Å². The van der Waals surface area contributed by atoms with Crippen molar-refractivity contribution in [1.29, 1.82) is 0 Å². The maximum Gasteiger partial charge on any atom is 0.361 e. The standard InChI is InChI=1S/C31H37N2O4S/c1-22-9-8-10-24(21-22)17-18-32(3)19-20-33(4)27-11-6-7-12-28(27)38-30(29(31(33)35)37-23(2)34)25-13-15-26(36-5)16-14-25/h6-16,21,29-30H,17-20H2,1-5H3/q+1/t29-,30+,33?/m0/s1. The number of amides is 1. The number of para-hydroxylation sites is 1. The Balaban J connectivity index is 1.62. The number of hydrogen-bond donors (Lipinski definition) is 0. The van der Waals surface area contributed by atoms with E-state index in [0.717, 1.165) is 34.9 Å². The third kappa shape index (κ3) is 6.29. The fourth-order valence-corrected chi connectivity index (χ4v) is 6.33. The quantitative estimate of drug-likeness (QED) is 0.270. The molecule has 3 aromatic carbocycles. The van der Waals surface area contributed by atoms with Gasteiger partial charge in [-0.1, -0.05) is 54.1 Å². The number of aryl methyl sites for hydroxylation is 1. The molecule has 6 nitrogen and oxygen atoms in total. The van der Waals surface area contributed by atoms with E-state index in [1.807, 2.05) is 49.5 Å². The van der Waals surface area contributed by atoms with Gasteiger partial charge in [-0.15, -0.1) is 11.8 Å². The number of hydrogen-bond acceptors (Lipinski definition) is 6. The van der Waals surface area contributed by atoms with Crippen LogP contribution < -0.4 is 9.22 Å². The van der Waals surface area contributed by atoms with E-state index in [1.165, 1.54) is 18.1 Å². The van der Waals surface area contributed by atoms with E-state index in [2.05, 4.69) is 49.2 Å². The van der Waals surface area contributed by atoms with Crippen molar-refractivity contribution in [2.24, 2.45) is 0 Å². The average molecular weight is 534 g/mol. The van der Waals surface area contributed by atoms with Gasteiger partial charge in [0.2, 0.25) is 6.10 Å². The minimum atomic E-state index is -0.930. The Kier molecular flexibility index (Phi) is 8.92. The number of likely N-dealkylation sites (N-methyl/N-ethyl adjacent to an activating group) is 2. The highest BCUT2D eigenvalue weighted by atomic mass is 32.2. The van der Waals surface area contributed by atoms with Crippen LogP contribution in [0, 0.1) is 6.92 Å². The van der Waals surface area contributed by atoms with E-state index >= 15 is 0 Å². The number of fused-ring (bicyclic) bond motifs is 1. The molecular formula is C31H37N2O4S+. The van der Waals surface area contributed by atoms with Crippen LogP contribution in [0.4, 0.5) is 5.69 Å². The van der Waals surface area contributed by atoms with Crippen LogP contribution in [0.1, 0.15) is 28.9 Å². The SMILES string of the molecule is COc1ccc([C@H]2Sc3ccccc3[N+](C)(CCN(C)CCc3cccc(C)c3)C(=O)[C@H]2OC(C)=O)cc1. The lowest BCUT2D eigenvalue weighted by molar-refractivity contribution is -0.157. The summed E-state index contributed by atoms with van der Waals surface area (Å²) in [4.78, 5) is 29.8. The molecule has 0 spiro atoms. The zero-order chi connectivity index (χ0) is 27.3. The van der Waals surface area contributed by atoms with E-state index in [1.54, 1.807) is 18.9 Å². The first kappa shape index (κ1) is 27.9. The number of nitrogens with zero attached hydrogens (tertiary/aromatic N) is 2. The molecule has 3 aromatic rings. The molecule has 38 heavy (non-hydrogen) atoms. The highest BCUT2D eigenvalue weighted by molar-refractivity contribution is 7.99. The van der Waals surface area contributed by atoms with Crippen molar-refractivity contribution in [2.45, 2.75) is 36.5 Å². The molecular weight excluding hydrogens is 496 g/mol. The molecule has 1 amide bonds. The van der Waals surface area contributed by atoms with Gasteiger partial charge in [0.1, 0.15) is 12.3 Å². The monoisotopic (exact) mass is 533 g/mol. The fourth-order valence-electron chi connectivity index (χ4n) is 4.92. The Morgan fingerprint density at radius 1 is 1.03 bits per heavy atom. The molecule has 3 atom stereocenters. The van der Waals surface area contributed by atoms with Gasteiger partial charge in [-0.3, -0.25) is 4.79 Å². The normalized spacial score (nSPS) is 21.1. The summed E-state index contributed by atoms with van der Waals surface area (Å²) in [6, 6.07) is 24.2. The Labute approximate surface area is 230 Å². The van der Waals surface area contributed by atoms with Crippen molar-refractivity contribution < 1.29 is 19.1 Å². The Bertz CT molecular complexity index is 1280. The van der Waals surface area contributed by atoms with Crippen LogP contribution in [0.2, 0.25) is 0 Å². The van der Waals surface area contributed by atoms with Crippen LogP contribution in [0.25, 0.3) is 0 Å². The highest BCUT2D eigenvalue weighted by Crippen LogP contribution is 2.48. The predicted octanol–water partition coefficient (Wildman–Crippen LogP) is 5.42. The number of rotatable bonds is 9. The van der Waals surface area contributed by atoms with Crippen molar-refractivity contribution in [3.05, 3.63) is 89.5 Å². The number of thioether (sulfide) groups is 1. The molecule has 7 heteroatoms. The fraction of sp³-hybridized carbons (Fsp3) is 0.355. The van der Waals surface area contributed by atoms with Gasteiger partial charge in [0.05, 0.1) is 24.3 Å². The molecule has 0 aromatic heterocycles. The number of benzene rings is 3. The average Bonchev–Trinajstić information content (AvgIpc) is 3.00. The predicted molar refractivity (Wildman–Crippen MR) is 154 cm³/mol. The lowest BCUT2D eigenvalue weighted by Gasteiger charge is -2.34. The lowest BCUT2D eigenvalue weighted by atomic mass is 10.0. The number of carbonyl (C=O) groups is 2. The van der Waals surface area contributed by atoms with Crippen molar-refractivity contribution in [3.8, 4) is 5.75 Å². The molecule has 1 heterocycles. The van der Waals surface area contributed by atoms with Crippen molar-refractivity contribution >= 4 is 29.3 Å². The first-order valence-corrected chi connectivity index (χ1v) is 13.8. The van der Waals surface area contributed by atoms with Gasteiger partial charge in [-0.2, -0.15) is 0 Å². The van der Waals surface area contributed by atoms with Gasteiger partial charge >= 0.3 is 11.9 Å². The van der Waals surface area contributed by atoms with Crippen LogP contribution in [0.3, 0.4) is 0 Å². The minimum Gasteiger partial charge on any atom is -0.497 e. The highest BCUT2D eigenvalue weighted by Gasteiger charge is 2.50. The molecule has 0 N–H and O–H groups in total. The van der Waals surface area contributed by atoms with Crippen LogP contribution >= 0.6 is 11.8 Å². The summed E-state index contributed by atoms with van der Waals surface area (Å²) < 4.78 is 11.2. The third-order valence-electron chi connectivity index (χ3n) is 7.19. The molecule has 0 radical (unpaired) electrons. The van der Waals surface area contributed by atoms with Crippen molar-refractivity contribution in [1.82, 2.24) is 9.38 Å². The van der Waals surface area contributed by atoms with E-state index < -0.39 is 12.1 Å². The molecule has 0 aliphatic carbocycles. The second-order valence-corrected chi connectivity index (χ2v) is 11.3. The number of ether oxygens (including phenoxy) is 2. The first-order chi connectivity index (χ1) is 18.2. The first-order valence-electron chi connectivity index (χ1n) is 12.9. The Hall–Kier alpha value is -3.13. The summed E-state index contributed by atoms with van der Waals surface area (Å²) in [7, 11) is 5.66. The molecule has 0 saturated heterocycles. The summed E-state index contributed by atoms with van der Waals surface area (Å²) in [5.41, 5.74) is 4.41. The largest absolute Gasteiger partial charge is 0.497 e. The van der Waals surface area contributed by atoms with Crippen molar-refractivity contribution in [2.75, 3.05) is 40.8 Å². The molecule has 0 fully saturated rings. The van der Waals surface area contributed by atoms with Crippen molar-refractivity contribution in [3.63, 3.8) is 0 Å². The number of esters is 1. The van der Waals surface area contributed by atoms with Crippen LogP contribution in [0.15, 0.2) is 77.7 Å². The molecule has 1 aliphatic rings. The van der Waals surface area contributed by atoms with Gasteiger partial charge < -0.3 is 14.4 Å². The topological polar surface area (TPSA) is 55.8 Å². The van der Waals surface area contributed by atoms with E-state index in [-0.39, 0.29) is 15.6 Å².